The van der Waals surface area contributed by atoms with E-state index >= 15 is 0 Å². The fourth-order valence-electron chi connectivity index (χ4n) is 3.26. The Hall–Kier alpha value is -1.44. The largest absolute Gasteiger partial charge is 0.373 e. The number of hydrogen-bond acceptors (Lipinski definition) is 4. The van der Waals surface area contributed by atoms with Gasteiger partial charge in [0, 0.05) is 24.7 Å². The molecule has 1 heterocycles. The third kappa shape index (κ3) is 4.22. The van der Waals surface area contributed by atoms with E-state index in [-0.39, 0.29) is 29.1 Å². The Kier molecular flexibility index (Phi) is 5.18. The Morgan fingerprint density at radius 3 is 2.24 bits per heavy atom. The average molecular weight is 366 g/mol. The molecule has 1 saturated carbocycles. The number of carbonyl (C=O) groups is 1. The van der Waals surface area contributed by atoms with Gasteiger partial charge in [0.1, 0.15) is 0 Å². The maximum absolute atomic E-state index is 12.8. The first kappa shape index (κ1) is 18.4. The number of nitrogens with one attached hydrogen (secondary N) is 1. The molecule has 0 unspecified atom stereocenters. The van der Waals surface area contributed by atoms with Gasteiger partial charge < -0.3 is 10.1 Å². The van der Waals surface area contributed by atoms with Crippen molar-refractivity contribution >= 4 is 15.9 Å². The molecule has 0 bridgehead atoms. The van der Waals surface area contributed by atoms with Crippen LogP contribution < -0.4 is 5.32 Å². The van der Waals surface area contributed by atoms with Crippen LogP contribution in [-0.2, 0) is 14.8 Å². The summed E-state index contributed by atoms with van der Waals surface area (Å²) in [5.74, 6) is 0.422. The zero-order valence-corrected chi connectivity index (χ0v) is 15.8. The standard InChI is InChI=1S/C18H26N2O4S/c1-12-10-20(11-13(2)24-12)25(22,23)17-8-6-16(7-9-17)18(21)19-14(3)15-4-5-15/h6-9,12-15H,4-5,10-11H2,1-3H3,(H,19,21)/t12-,13+,14-/m0/s1. The molecule has 0 aromatic heterocycles. The van der Waals surface area contributed by atoms with Crippen LogP contribution in [0.15, 0.2) is 29.2 Å². The van der Waals surface area contributed by atoms with Gasteiger partial charge in [0.25, 0.3) is 5.91 Å². The van der Waals surface area contributed by atoms with Crippen molar-refractivity contribution in [3.8, 4) is 0 Å². The molecule has 1 saturated heterocycles. The highest BCUT2D eigenvalue weighted by Crippen LogP contribution is 2.32. The molecule has 3 atom stereocenters. The van der Waals surface area contributed by atoms with E-state index in [0.717, 1.165) is 12.8 Å². The lowest BCUT2D eigenvalue weighted by atomic mass is 10.1. The average Bonchev–Trinajstić information content (AvgIpc) is 3.39. The SMILES string of the molecule is C[C@@H]1CN(S(=O)(=O)c2ccc(C(=O)N[C@@H](C)C3CC3)cc2)C[C@H](C)O1. The van der Waals surface area contributed by atoms with Crippen molar-refractivity contribution in [3.63, 3.8) is 0 Å². The Morgan fingerprint density at radius 2 is 1.72 bits per heavy atom. The van der Waals surface area contributed by atoms with Crippen molar-refractivity contribution in [3.05, 3.63) is 29.8 Å². The van der Waals surface area contributed by atoms with Gasteiger partial charge in [-0.2, -0.15) is 4.31 Å². The molecule has 0 radical (unpaired) electrons. The van der Waals surface area contributed by atoms with Crippen LogP contribution in [0.3, 0.4) is 0 Å². The lowest BCUT2D eigenvalue weighted by Gasteiger charge is -2.34. The van der Waals surface area contributed by atoms with Crippen molar-refractivity contribution in [1.29, 1.82) is 0 Å². The van der Waals surface area contributed by atoms with Gasteiger partial charge >= 0.3 is 0 Å². The van der Waals surface area contributed by atoms with Crippen molar-refractivity contribution in [2.75, 3.05) is 13.1 Å². The normalized spacial score (nSPS) is 26.2. The monoisotopic (exact) mass is 366 g/mol. The van der Waals surface area contributed by atoms with E-state index in [1.54, 1.807) is 12.1 Å². The van der Waals surface area contributed by atoms with Gasteiger partial charge in [-0.05, 0) is 63.8 Å². The van der Waals surface area contributed by atoms with E-state index in [1.807, 2.05) is 20.8 Å². The van der Waals surface area contributed by atoms with Crippen LogP contribution in [0.5, 0.6) is 0 Å². The number of nitrogens with zero attached hydrogens (tertiary/aromatic N) is 1. The van der Waals surface area contributed by atoms with Crippen LogP contribution in [0.25, 0.3) is 0 Å². The Morgan fingerprint density at radius 1 is 1.16 bits per heavy atom. The summed E-state index contributed by atoms with van der Waals surface area (Å²) in [6, 6.07) is 6.34. The molecule has 1 aromatic carbocycles. The summed E-state index contributed by atoms with van der Waals surface area (Å²) >= 11 is 0. The molecule has 0 spiro atoms. The number of morpholine rings is 1. The van der Waals surface area contributed by atoms with Gasteiger partial charge in [-0.15, -0.1) is 0 Å². The van der Waals surface area contributed by atoms with Crippen LogP contribution in [0.1, 0.15) is 44.0 Å². The Bertz CT molecular complexity index is 718. The summed E-state index contributed by atoms with van der Waals surface area (Å²) < 4.78 is 32.7. The predicted octanol–water partition coefficient (Wildman–Crippen LogP) is 2.01. The highest BCUT2D eigenvalue weighted by Gasteiger charge is 2.32. The van der Waals surface area contributed by atoms with E-state index < -0.39 is 10.0 Å². The lowest BCUT2D eigenvalue weighted by Crippen LogP contribution is -2.48. The molecular weight excluding hydrogens is 340 g/mol. The summed E-state index contributed by atoms with van der Waals surface area (Å²) in [6.45, 7) is 6.43. The molecule has 2 fully saturated rings. The minimum atomic E-state index is -3.58. The molecule has 1 amide bonds. The zero-order chi connectivity index (χ0) is 18.2. The number of ether oxygens (including phenoxy) is 1. The predicted molar refractivity (Wildman–Crippen MR) is 94.9 cm³/mol. The quantitative estimate of drug-likeness (QED) is 0.865. The molecule has 6 nitrogen and oxygen atoms in total. The Labute approximate surface area is 149 Å². The highest BCUT2D eigenvalue weighted by molar-refractivity contribution is 7.89. The fourth-order valence-corrected chi connectivity index (χ4v) is 4.85. The van der Waals surface area contributed by atoms with Crippen LogP contribution in [0.2, 0.25) is 0 Å². The summed E-state index contributed by atoms with van der Waals surface area (Å²) in [5.41, 5.74) is 0.482. The minimum Gasteiger partial charge on any atom is -0.373 e. The van der Waals surface area contributed by atoms with Crippen LogP contribution in [-0.4, -0.2) is 50.0 Å². The molecule has 3 rings (SSSR count). The van der Waals surface area contributed by atoms with Crippen LogP contribution in [0, 0.1) is 5.92 Å². The second kappa shape index (κ2) is 7.05. The summed E-state index contributed by atoms with van der Waals surface area (Å²) in [6.07, 6.45) is 2.06. The van der Waals surface area contributed by atoms with Gasteiger partial charge in [-0.25, -0.2) is 8.42 Å². The minimum absolute atomic E-state index is 0.132. The van der Waals surface area contributed by atoms with Crippen LogP contribution in [0.4, 0.5) is 0 Å². The molecule has 25 heavy (non-hydrogen) atoms. The molecule has 1 N–H and O–H groups in total. The van der Waals surface area contributed by atoms with Crippen molar-refractivity contribution in [2.24, 2.45) is 5.92 Å². The zero-order valence-electron chi connectivity index (χ0n) is 14.9. The van der Waals surface area contributed by atoms with Crippen molar-refractivity contribution < 1.29 is 17.9 Å². The molecule has 1 aromatic rings. The lowest BCUT2D eigenvalue weighted by molar-refractivity contribution is -0.0440. The van der Waals surface area contributed by atoms with Gasteiger partial charge in [-0.1, -0.05) is 0 Å². The van der Waals surface area contributed by atoms with E-state index in [2.05, 4.69) is 5.32 Å². The summed E-state index contributed by atoms with van der Waals surface area (Å²) in [7, 11) is -3.58. The van der Waals surface area contributed by atoms with E-state index in [0.29, 0.717) is 24.6 Å². The summed E-state index contributed by atoms with van der Waals surface area (Å²) in [4.78, 5) is 12.5. The Balaban J connectivity index is 1.71. The van der Waals surface area contributed by atoms with E-state index in [9.17, 15) is 13.2 Å². The topological polar surface area (TPSA) is 75.7 Å². The number of carbonyl (C=O) groups excluding carboxylic acids is 1. The number of amides is 1. The van der Waals surface area contributed by atoms with Crippen molar-refractivity contribution in [1.82, 2.24) is 9.62 Å². The fraction of sp³-hybridized carbons (Fsp3) is 0.611. The molecule has 2 aliphatic rings. The van der Waals surface area contributed by atoms with Gasteiger partial charge in [0.05, 0.1) is 17.1 Å². The third-order valence-corrected chi connectivity index (χ3v) is 6.67. The molecular formula is C18H26N2O4S. The second-order valence-corrected chi connectivity index (χ2v) is 9.14. The maximum Gasteiger partial charge on any atom is 0.251 e. The third-order valence-electron chi connectivity index (χ3n) is 4.83. The van der Waals surface area contributed by atoms with Gasteiger partial charge in [0.2, 0.25) is 10.0 Å². The van der Waals surface area contributed by atoms with Crippen LogP contribution >= 0.6 is 0 Å². The number of benzene rings is 1. The molecule has 1 aliphatic carbocycles. The molecule has 138 valence electrons. The van der Waals surface area contributed by atoms with E-state index in [1.165, 1.54) is 16.4 Å². The highest BCUT2D eigenvalue weighted by atomic mass is 32.2. The smallest absolute Gasteiger partial charge is 0.251 e. The maximum atomic E-state index is 12.8. The van der Waals surface area contributed by atoms with Gasteiger partial charge in [-0.3, -0.25) is 4.79 Å². The van der Waals surface area contributed by atoms with Gasteiger partial charge in [0.15, 0.2) is 0 Å². The number of sulfonamides is 1. The number of rotatable bonds is 5. The van der Waals surface area contributed by atoms with Crippen molar-refractivity contribution in [2.45, 2.75) is 56.8 Å². The first-order valence-corrected chi connectivity index (χ1v) is 10.3. The second-order valence-electron chi connectivity index (χ2n) is 7.20. The van der Waals surface area contributed by atoms with E-state index in [4.69, 9.17) is 4.74 Å². The first-order chi connectivity index (χ1) is 11.8. The summed E-state index contributed by atoms with van der Waals surface area (Å²) in [5, 5.41) is 2.98. The number of hydrogen-bond donors (Lipinski definition) is 1. The first-order valence-electron chi connectivity index (χ1n) is 8.84. The molecule has 7 heteroatoms. The molecule has 1 aliphatic heterocycles.